The van der Waals surface area contributed by atoms with Gasteiger partial charge in [-0.1, -0.05) is 6.07 Å². The third-order valence-electron chi connectivity index (χ3n) is 2.05. The second kappa shape index (κ2) is 5.11. The van der Waals surface area contributed by atoms with Gasteiger partial charge >= 0.3 is 12.3 Å². The third kappa shape index (κ3) is 3.15. The molecule has 17 heavy (non-hydrogen) atoms. The van der Waals surface area contributed by atoms with Gasteiger partial charge in [-0.05, 0) is 11.6 Å². The Morgan fingerprint density at radius 2 is 2.18 bits per heavy atom. The van der Waals surface area contributed by atoms with Crippen LogP contribution in [0.4, 0.5) is 17.6 Å². The van der Waals surface area contributed by atoms with Crippen molar-refractivity contribution in [1.82, 2.24) is 9.88 Å². The molecule has 0 unspecified atom stereocenters. The standard InChI is InChI=1S/C10H10F4N2O/c1-16(6-7-3-2-4-15-5-7)9(17)10(13,14)8(11)12/h2-5,8H,6H2,1H3. The predicted octanol–water partition coefficient (Wildman–Crippen LogP) is 1.94. The Morgan fingerprint density at radius 1 is 1.53 bits per heavy atom. The van der Waals surface area contributed by atoms with E-state index in [0.717, 1.165) is 7.05 Å². The topological polar surface area (TPSA) is 33.2 Å². The lowest BCUT2D eigenvalue weighted by atomic mass is 10.2. The molecule has 0 saturated heterocycles. The van der Waals surface area contributed by atoms with Crippen LogP contribution in [0.5, 0.6) is 0 Å². The molecule has 0 spiro atoms. The maximum atomic E-state index is 12.7. The average Bonchev–Trinajstić information content (AvgIpc) is 2.29. The summed E-state index contributed by atoms with van der Waals surface area (Å²) < 4.78 is 49.4. The van der Waals surface area contributed by atoms with E-state index in [1.54, 1.807) is 12.1 Å². The van der Waals surface area contributed by atoms with E-state index < -0.39 is 18.3 Å². The summed E-state index contributed by atoms with van der Waals surface area (Å²) in [4.78, 5) is 15.4. The summed E-state index contributed by atoms with van der Waals surface area (Å²) in [6, 6.07) is 3.11. The molecule has 0 saturated carbocycles. The van der Waals surface area contributed by atoms with Gasteiger partial charge in [0, 0.05) is 26.0 Å². The smallest absolute Gasteiger partial charge is 0.336 e. The van der Waals surface area contributed by atoms with Gasteiger partial charge in [-0.3, -0.25) is 9.78 Å². The zero-order valence-corrected chi connectivity index (χ0v) is 8.91. The zero-order valence-electron chi connectivity index (χ0n) is 8.91. The molecule has 0 bridgehead atoms. The number of halogens is 4. The van der Waals surface area contributed by atoms with Crippen LogP contribution < -0.4 is 0 Å². The van der Waals surface area contributed by atoms with Gasteiger partial charge < -0.3 is 4.90 Å². The van der Waals surface area contributed by atoms with Crippen molar-refractivity contribution in [2.75, 3.05) is 7.05 Å². The fourth-order valence-electron chi connectivity index (χ4n) is 1.19. The molecule has 0 fully saturated rings. The molecule has 1 heterocycles. The van der Waals surface area contributed by atoms with Gasteiger partial charge in [0.1, 0.15) is 0 Å². The molecule has 1 rings (SSSR count). The second-order valence-electron chi connectivity index (χ2n) is 3.45. The molecule has 0 aliphatic rings. The highest BCUT2D eigenvalue weighted by Gasteiger charge is 2.50. The summed E-state index contributed by atoms with van der Waals surface area (Å²) in [7, 11) is 1.03. The molecule has 0 aliphatic heterocycles. The van der Waals surface area contributed by atoms with Crippen LogP contribution in [0.3, 0.4) is 0 Å². The molecule has 1 aromatic rings. The fourth-order valence-corrected chi connectivity index (χ4v) is 1.19. The van der Waals surface area contributed by atoms with Gasteiger partial charge in [-0.25, -0.2) is 8.78 Å². The van der Waals surface area contributed by atoms with Gasteiger partial charge in [0.25, 0.3) is 5.91 Å². The Labute approximate surface area is 95.1 Å². The summed E-state index contributed by atoms with van der Waals surface area (Å²) in [5, 5.41) is 0. The highest BCUT2D eigenvalue weighted by Crippen LogP contribution is 2.25. The van der Waals surface area contributed by atoms with E-state index >= 15 is 0 Å². The number of alkyl halides is 4. The van der Waals surface area contributed by atoms with E-state index in [1.807, 2.05) is 0 Å². The average molecular weight is 250 g/mol. The number of nitrogens with zero attached hydrogens (tertiary/aromatic N) is 2. The second-order valence-corrected chi connectivity index (χ2v) is 3.45. The van der Waals surface area contributed by atoms with Crippen LogP contribution in [-0.2, 0) is 11.3 Å². The van der Waals surface area contributed by atoms with E-state index in [0.29, 0.717) is 10.5 Å². The molecule has 1 amide bonds. The number of pyridine rings is 1. The number of rotatable bonds is 4. The highest BCUT2D eigenvalue weighted by atomic mass is 19.3. The summed E-state index contributed by atoms with van der Waals surface area (Å²) >= 11 is 0. The highest BCUT2D eigenvalue weighted by molar-refractivity contribution is 5.83. The van der Waals surface area contributed by atoms with Crippen molar-refractivity contribution in [1.29, 1.82) is 0 Å². The Balaban J connectivity index is 2.72. The van der Waals surface area contributed by atoms with Crippen LogP contribution in [-0.4, -0.2) is 35.2 Å². The number of amides is 1. The molecule has 7 heteroatoms. The SMILES string of the molecule is CN(Cc1cccnc1)C(=O)C(F)(F)C(F)F. The fraction of sp³-hybridized carbons (Fsp3) is 0.400. The Bertz CT molecular complexity index is 383. The number of hydrogen-bond donors (Lipinski definition) is 0. The van der Waals surface area contributed by atoms with Crippen molar-refractivity contribution < 1.29 is 22.4 Å². The molecule has 3 nitrogen and oxygen atoms in total. The first-order valence-electron chi connectivity index (χ1n) is 4.66. The van der Waals surface area contributed by atoms with Crippen LogP contribution in [0, 0.1) is 0 Å². The van der Waals surface area contributed by atoms with Gasteiger partial charge in [-0.2, -0.15) is 8.78 Å². The van der Waals surface area contributed by atoms with E-state index in [2.05, 4.69) is 4.98 Å². The Morgan fingerprint density at radius 3 is 2.65 bits per heavy atom. The number of aromatic nitrogens is 1. The van der Waals surface area contributed by atoms with Crippen LogP contribution in [0.1, 0.15) is 5.56 Å². The molecular weight excluding hydrogens is 240 g/mol. The first kappa shape index (κ1) is 13.4. The van der Waals surface area contributed by atoms with Crippen LogP contribution in [0.15, 0.2) is 24.5 Å². The molecule has 0 N–H and O–H groups in total. The van der Waals surface area contributed by atoms with Crippen molar-refractivity contribution in [2.45, 2.75) is 18.9 Å². The molecule has 0 radical (unpaired) electrons. The van der Waals surface area contributed by atoms with Crippen molar-refractivity contribution in [2.24, 2.45) is 0 Å². The van der Waals surface area contributed by atoms with Crippen molar-refractivity contribution in [3.8, 4) is 0 Å². The van der Waals surface area contributed by atoms with Gasteiger partial charge in [0.2, 0.25) is 0 Å². The third-order valence-corrected chi connectivity index (χ3v) is 2.05. The Kier molecular flexibility index (Phi) is 4.03. The van der Waals surface area contributed by atoms with Crippen molar-refractivity contribution in [3.05, 3.63) is 30.1 Å². The van der Waals surface area contributed by atoms with Crippen LogP contribution >= 0.6 is 0 Å². The number of carbonyl (C=O) groups excluding carboxylic acids is 1. The largest absolute Gasteiger partial charge is 0.383 e. The van der Waals surface area contributed by atoms with Gasteiger partial charge in [0.05, 0.1) is 0 Å². The van der Waals surface area contributed by atoms with Gasteiger partial charge in [-0.15, -0.1) is 0 Å². The summed E-state index contributed by atoms with van der Waals surface area (Å²) in [5.41, 5.74) is 0.480. The Hall–Kier alpha value is -1.66. The molecular formula is C10H10F4N2O. The van der Waals surface area contributed by atoms with Crippen molar-refractivity contribution >= 4 is 5.91 Å². The lowest BCUT2D eigenvalue weighted by Gasteiger charge is -2.22. The minimum atomic E-state index is -4.66. The van der Waals surface area contributed by atoms with E-state index in [1.165, 1.54) is 12.4 Å². The van der Waals surface area contributed by atoms with E-state index in [9.17, 15) is 22.4 Å². The monoisotopic (exact) mass is 250 g/mol. The lowest BCUT2D eigenvalue weighted by molar-refractivity contribution is -0.179. The summed E-state index contributed by atoms with van der Waals surface area (Å²) in [6.45, 7) is -0.199. The first-order chi connectivity index (χ1) is 7.85. The molecule has 0 aliphatic carbocycles. The number of hydrogen-bond acceptors (Lipinski definition) is 2. The summed E-state index contributed by atoms with van der Waals surface area (Å²) in [5.74, 6) is -6.56. The van der Waals surface area contributed by atoms with E-state index in [-0.39, 0.29) is 6.54 Å². The first-order valence-corrected chi connectivity index (χ1v) is 4.66. The number of carbonyl (C=O) groups is 1. The lowest BCUT2D eigenvalue weighted by Crippen LogP contribution is -2.45. The minimum absolute atomic E-state index is 0.199. The van der Waals surface area contributed by atoms with Gasteiger partial charge in [0.15, 0.2) is 0 Å². The van der Waals surface area contributed by atoms with Crippen molar-refractivity contribution in [3.63, 3.8) is 0 Å². The predicted molar refractivity (Wildman–Crippen MR) is 51.7 cm³/mol. The quantitative estimate of drug-likeness (QED) is 0.765. The van der Waals surface area contributed by atoms with E-state index in [4.69, 9.17) is 0 Å². The van der Waals surface area contributed by atoms with Crippen LogP contribution in [0.2, 0.25) is 0 Å². The summed E-state index contributed by atoms with van der Waals surface area (Å²) in [6.07, 6.45) is -1.17. The minimum Gasteiger partial charge on any atom is -0.336 e. The zero-order chi connectivity index (χ0) is 13.1. The maximum Gasteiger partial charge on any atom is 0.383 e. The molecule has 0 aromatic carbocycles. The maximum absolute atomic E-state index is 12.7. The molecule has 0 atom stereocenters. The molecule has 94 valence electrons. The molecule has 1 aromatic heterocycles. The normalized spacial score (nSPS) is 11.6. The van der Waals surface area contributed by atoms with Crippen LogP contribution in [0.25, 0.3) is 0 Å².